The van der Waals surface area contributed by atoms with Gasteiger partial charge in [-0.05, 0) is 55.8 Å². The number of thiophene rings is 1. The molecule has 2 fully saturated rings. The molecule has 2 saturated heterocycles. The van der Waals surface area contributed by atoms with Crippen molar-refractivity contribution in [3.63, 3.8) is 0 Å². The molecule has 1 aromatic heterocycles. The number of ether oxygens (including phenoxy) is 1. The average molecular weight is 349 g/mol. The second-order valence-electron chi connectivity index (χ2n) is 7.25. The van der Waals surface area contributed by atoms with Gasteiger partial charge in [0.2, 0.25) is 5.91 Å². The van der Waals surface area contributed by atoms with E-state index in [1.54, 1.807) is 11.3 Å². The number of carbonyl (C=O) groups is 1. The molecule has 0 bridgehead atoms. The summed E-state index contributed by atoms with van der Waals surface area (Å²) in [7, 11) is 0. The highest BCUT2D eigenvalue weighted by molar-refractivity contribution is 7.10. The van der Waals surface area contributed by atoms with Crippen LogP contribution in [-0.4, -0.2) is 54.0 Å². The Kier molecular flexibility index (Phi) is 4.93. The minimum Gasteiger partial charge on any atom is -0.373 e. The summed E-state index contributed by atoms with van der Waals surface area (Å²) in [4.78, 5) is 19.2. The van der Waals surface area contributed by atoms with Crippen LogP contribution in [0.3, 0.4) is 0 Å². The van der Waals surface area contributed by atoms with Crippen molar-refractivity contribution >= 4 is 17.2 Å². The second kappa shape index (κ2) is 7.14. The van der Waals surface area contributed by atoms with E-state index in [2.05, 4.69) is 28.2 Å². The van der Waals surface area contributed by atoms with Gasteiger partial charge < -0.3 is 9.64 Å². The number of hydrogen-bond donors (Lipinski definition) is 0. The maximum Gasteiger partial charge on any atom is 0.225 e. The van der Waals surface area contributed by atoms with E-state index < -0.39 is 0 Å². The summed E-state index contributed by atoms with van der Waals surface area (Å²) in [5, 5.41) is 2.13. The van der Waals surface area contributed by atoms with Gasteiger partial charge in [0.25, 0.3) is 0 Å². The van der Waals surface area contributed by atoms with Gasteiger partial charge in [-0.3, -0.25) is 9.69 Å². The SMILES string of the molecule is CCN1CCC[C@@H]1[C@H]1CCCN1C(=O)C[C@H]1OCCc2sccc21. The molecule has 24 heavy (non-hydrogen) atoms. The molecule has 0 aromatic carbocycles. The van der Waals surface area contributed by atoms with Crippen molar-refractivity contribution in [2.24, 2.45) is 0 Å². The molecule has 0 unspecified atom stereocenters. The van der Waals surface area contributed by atoms with Crippen LogP contribution in [0.1, 0.15) is 55.6 Å². The molecule has 0 aliphatic carbocycles. The highest BCUT2D eigenvalue weighted by Gasteiger charge is 2.39. The van der Waals surface area contributed by atoms with Crippen LogP contribution in [0.2, 0.25) is 0 Å². The predicted molar refractivity (Wildman–Crippen MR) is 96.3 cm³/mol. The van der Waals surface area contributed by atoms with Crippen LogP contribution in [0, 0.1) is 0 Å². The van der Waals surface area contributed by atoms with E-state index in [1.807, 2.05) is 0 Å². The Morgan fingerprint density at radius 3 is 3.00 bits per heavy atom. The average Bonchev–Trinajstić information content (AvgIpc) is 3.33. The predicted octanol–water partition coefficient (Wildman–Crippen LogP) is 3.23. The molecule has 3 aliphatic heterocycles. The normalized spacial score (nSPS) is 30.7. The lowest BCUT2D eigenvalue weighted by Gasteiger charge is -2.35. The first-order chi connectivity index (χ1) is 11.8. The van der Waals surface area contributed by atoms with Crippen molar-refractivity contribution in [3.05, 3.63) is 21.9 Å². The molecule has 1 aromatic rings. The van der Waals surface area contributed by atoms with Gasteiger partial charge in [-0.15, -0.1) is 11.3 Å². The Morgan fingerprint density at radius 1 is 1.29 bits per heavy atom. The molecular formula is C19H28N2O2S. The standard InChI is InChI=1S/C19H28N2O2S/c1-2-20-9-3-5-15(20)16-6-4-10-21(16)19(22)13-17-14-8-12-24-18(14)7-11-23-17/h8,12,15-17H,2-7,9-11,13H2,1H3/t15-,16-,17-/m1/s1. The number of amides is 1. The molecule has 0 N–H and O–H groups in total. The zero-order valence-corrected chi connectivity index (χ0v) is 15.4. The summed E-state index contributed by atoms with van der Waals surface area (Å²) in [5.74, 6) is 0.296. The second-order valence-corrected chi connectivity index (χ2v) is 8.25. The van der Waals surface area contributed by atoms with Crippen molar-refractivity contribution in [3.8, 4) is 0 Å². The number of rotatable bonds is 4. The van der Waals surface area contributed by atoms with E-state index >= 15 is 0 Å². The number of carbonyl (C=O) groups excluding carboxylic acids is 1. The topological polar surface area (TPSA) is 32.8 Å². The molecule has 3 atom stereocenters. The maximum atomic E-state index is 13.0. The van der Waals surface area contributed by atoms with Crippen molar-refractivity contribution in [2.45, 2.75) is 63.6 Å². The molecule has 132 valence electrons. The first kappa shape index (κ1) is 16.6. The minimum atomic E-state index is -0.0281. The van der Waals surface area contributed by atoms with Crippen molar-refractivity contribution < 1.29 is 9.53 Å². The summed E-state index contributed by atoms with van der Waals surface area (Å²) in [6.07, 6.45) is 6.33. The van der Waals surface area contributed by atoms with E-state index in [0.29, 0.717) is 24.4 Å². The fourth-order valence-electron chi connectivity index (χ4n) is 4.85. The number of nitrogens with zero attached hydrogens (tertiary/aromatic N) is 2. The van der Waals surface area contributed by atoms with E-state index in [9.17, 15) is 4.79 Å². The highest BCUT2D eigenvalue weighted by atomic mass is 32.1. The van der Waals surface area contributed by atoms with Crippen LogP contribution < -0.4 is 0 Å². The first-order valence-corrected chi connectivity index (χ1v) is 10.4. The van der Waals surface area contributed by atoms with E-state index in [-0.39, 0.29) is 6.10 Å². The fourth-order valence-corrected chi connectivity index (χ4v) is 5.77. The summed E-state index contributed by atoms with van der Waals surface area (Å²) >= 11 is 1.80. The molecule has 4 rings (SSSR count). The highest BCUT2D eigenvalue weighted by Crippen LogP contribution is 2.35. The number of fused-ring (bicyclic) bond motifs is 1. The van der Waals surface area contributed by atoms with Gasteiger partial charge >= 0.3 is 0 Å². The molecule has 3 aliphatic rings. The smallest absolute Gasteiger partial charge is 0.225 e. The van der Waals surface area contributed by atoms with Gasteiger partial charge in [0.1, 0.15) is 0 Å². The van der Waals surface area contributed by atoms with Crippen LogP contribution >= 0.6 is 11.3 Å². The number of hydrogen-bond acceptors (Lipinski definition) is 4. The van der Waals surface area contributed by atoms with Crippen molar-refractivity contribution in [1.29, 1.82) is 0 Å². The summed E-state index contributed by atoms with van der Waals surface area (Å²) in [5.41, 5.74) is 1.26. The van der Waals surface area contributed by atoms with Crippen molar-refractivity contribution in [2.75, 3.05) is 26.2 Å². The Labute approximate surface area is 148 Å². The lowest BCUT2D eigenvalue weighted by atomic mass is 10.0. The summed E-state index contributed by atoms with van der Waals surface area (Å²) in [6.45, 7) is 6.23. The van der Waals surface area contributed by atoms with Gasteiger partial charge in [0.05, 0.1) is 19.1 Å². The van der Waals surface area contributed by atoms with Gasteiger partial charge in [-0.25, -0.2) is 0 Å². The molecule has 0 spiro atoms. The molecule has 0 saturated carbocycles. The van der Waals surface area contributed by atoms with E-state index in [4.69, 9.17) is 4.74 Å². The minimum absolute atomic E-state index is 0.0281. The maximum absolute atomic E-state index is 13.0. The lowest BCUT2D eigenvalue weighted by molar-refractivity contribution is -0.136. The van der Waals surface area contributed by atoms with Gasteiger partial charge in [-0.2, -0.15) is 0 Å². The third-order valence-electron chi connectivity index (χ3n) is 6.02. The number of likely N-dealkylation sites (tertiary alicyclic amines) is 2. The van der Waals surface area contributed by atoms with Gasteiger partial charge in [-0.1, -0.05) is 6.92 Å². The van der Waals surface area contributed by atoms with E-state index in [1.165, 1.54) is 36.2 Å². The zero-order chi connectivity index (χ0) is 16.5. The molecule has 4 heterocycles. The third kappa shape index (κ3) is 3.02. The molecule has 0 radical (unpaired) electrons. The van der Waals surface area contributed by atoms with Crippen LogP contribution in [0.15, 0.2) is 11.4 Å². The van der Waals surface area contributed by atoms with Crippen LogP contribution in [-0.2, 0) is 16.0 Å². The Morgan fingerprint density at radius 2 is 2.12 bits per heavy atom. The molecular weight excluding hydrogens is 320 g/mol. The zero-order valence-electron chi connectivity index (χ0n) is 14.6. The largest absolute Gasteiger partial charge is 0.373 e. The molecule has 4 nitrogen and oxygen atoms in total. The van der Waals surface area contributed by atoms with Crippen LogP contribution in [0.5, 0.6) is 0 Å². The number of likely N-dealkylation sites (N-methyl/N-ethyl adjacent to an activating group) is 1. The fraction of sp³-hybridized carbons (Fsp3) is 0.737. The third-order valence-corrected chi connectivity index (χ3v) is 7.02. The summed E-state index contributed by atoms with van der Waals surface area (Å²) < 4.78 is 5.94. The van der Waals surface area contributed by atoms with Crippen LogP contribution in [0.25, 0.3) is 0 Å². The van der Waals surface area contributed by atoms with Crippen LogP contribution in [0.4, 0.5) is 0 Å². The molecule has 1 amide bonds. The lowest BCUT2D eigenvalue weighted by Crippen LogP contribution is -2.48. The Balaban J connectivity index is 1.44. The van der Waals surface area contributed by atoms with E-state index in [0.717, 1.165) is 32.5 Å². The monoisotopic (exact) mass is 348 g/mol. The van der Waals surface area contributed by atoms with Crippen molar-refractivity contribution in [1.82, 2.24) is 9.80 Å². The van der Waals surface area contributed by atoms with Gasteiger partial charge in [0, 0.05) is 29.9 Å². The van der Waals surface area contributed by atoms with Gasteiger partial charge in [0.15, 0.2) is 0 Å². The Bertz CT molecular complexity index is 588. The first-order valence-electron chi connectivity index (χ1n) is 9.49. The Hall–Kier alpha value is -0.910. The summed E-state index contributed by atoms with van der Waals surface area (Å²) in [6, 6.07) is 3.14. The quantitative estimate of drug-likeness (QED) is 0.837. The molecule has 5 heteroatoms.